The summed E-state index contributed by atoms with van der Waals surface area (Å²) in [6.07, 6.45) is 2.91. The molecule has 1 aliphatic heterocycles. The molecule has 2 fully saturated rings. The molecule has 0 spiro atoms. The van der Waals surface area contributed by atoms with Gasteiger partial charge in [0.1, 0.15) is 6.61 Å². The fourth-order valence-corrected chi connectivity index (χ4v) is 2.82. The summed E-state index contributed by atoms with van der Waals surface area (Å²) in [5, 5.41) is 0. The number of nitrogens with two attached hydrogens (primary N) is 1. The summed E-state index contributed by atoms with van der Waals surface area (Å²) in [5.41, 5.74) is 5.46. The first-order chi connectivity index (χ1) is 9.13. The van der Waals surface area contributed by atoms with E-state index in [4.69, 9.17) is 10.5 Å². The van der Waals surface area contributed by atoms with Gasteiger partial charge in [0, 0.05) is 39.8 Å². The van der Waals surface area contributed by atoms with Crippen molar-refractivity contribution in [3.8, 4) is 0 Å². The first-order valence-electron chi connectivity index (χ1n) is 6.89. The largest absolute Gasteiger partial charge is 0.375 e. The third-order valence-corrected chi connectivity index (χ3v) is 4.34. The zero-order valence-corrected chi connectivity index (χ0v) is 11.6. The molecule has 108 valence electrons. The van der Waals surface area contributed by atoms with E-state index in [1.54, 1.807) is 4.90 Å². The van der Waals surface area contributed by atoms with Crippen LogP contribution in [0, 0.1) is 5.41 Å². The fraction of sp³-hybridized carbons (Fsp3) is 0.846. The average Bonchev–Trinajstić information content (AvgIpc) is 2.38. The summed E-state index contributed by atoms with van der Waals surface area (Å²) in [6, 6.07) is 0. The Bertz CT molecular complexity index is 342. The monoisotopic (exact) mass is 269 g/mol. The van der Waals surface area contributed by atoms with Crippen molar-refractivity contribution < 1.29 is 14.3 Å². The normalized spacial score (nSPS) is 22.0. The molecule has 0 bridgehead atoms. The van der Waals surface area contributed by atoms with Crippen LogP contribution in [0.5, 0.6) is 0 Å². The lowest BCUT2D eigenvalue weighted by molar-refractivity contribution is -0.151. The number of rotatable bonds is 4. The van der Waals surface area contributed by atoms with E-state index in [1.165, 1.54) is 7.11 Å². The lowest BCUT2D eigenvalue weighted by Gasteiger charge is -2.45. The van der Waals surface area contributed by atoms with Crippen molar-refractivity contribution in [3.05, 3.63) is 0 Å². The van der Waals surface area contributed by atoms with Gasteiger partial charge in [-0.2, -0.15) is 0 Å². The van der Waals surface area contributed by atoms with Crippen molar-refractivity contribution in [2.45, 2.75) is 19.3 Å². The van der Waals surface area contributed by atoms with E-state index >= 15 is 0 Å². The second kappa shape index (κ2) is 5.88. The number of amides is 2. The summed E-state index contributed by atoms with van der Waals surface area (Å²) in [4.78, 5) is 27.7. The summed E-state index contributed by atoms with van der Waals surface area (Å²) < 4.78 is 4.84. The molecular formula is C13H23N3O3. The molecule has 0 aromatic heterocycles. The summed E-state index contributed by atoms with van der Waals surface area (Å²) in [7, 11) is 1.51. The average molecular weight is 269 g/mol. The maximum Gasteiger partial charge on any atom is 0.248 e. The van der Waals surface area contributed by atoms with Crippen LogP contribution in [0.4, 0.5) is 0 Å². The highest BCUT2D eigenvalue weighted by atomic mass is 16.5. The van der Waals surface area contributed by atoms with Crippen LogP contribution >= 0.6 is 0 Å². The summed E-state index contributed by atoms with van der Waals surface area (Å²) in [5.74, 6) is 0.173. The van der Waals surface area contributed by atoms with Crippen LogP contribution in [-0.2, 0) is 14.3 Å². The van der Waals surface area contributed by atoms with E-state index in [9.17, 15) is 9.59 Å². The van der Waals surface area contributed by atoms with Crippen LogP contribution in [0.15, 0.2) is 0 Å². The van der Waals surface area contributed by atoms with Gasteiger partial charge in [-0.25, -0.2) is 0 Å². The van der Waals surface area contributed by atoms with Gasteiger partial charge in [-0.05, 0) is 12.8 Å². The Morgan fingerprint density at radius 1 is 1.16 bits per heavy atom. The van der Waals surface area contributed by atoms with E-state index in [-0.39, 0.29) is 23.8 Å². The minimum Gasteiger partial charge on any atom is -0.375 e. The lowest BCUT2D eigenvalue weighted by Crippen LogP contribution is -2.58. The molecule has 2 amide bonds. The smallest absolute Gasteiger partial charge is 0.248 e. The molecule has 0 radical (unpaired) electrons. The van der Waals surface area contributed by atoms with Crippen LogP contribution in [0.25, 0.3) is 0 Å². The standard InChI is InChI=1S/C13H23N3O3/c1-19-9-11(17)15-5-7-16(8-6-15)12(18)13(10-14)3-2-4-13/h2-10,14H2,1H3. The molecular weight excluding hydrogens is 246 g/mol. The lowest BCUT2D eigenvalue weighted by atomic mass is 9.67. The Kier molecular flexibility index (Phi) is 4.42. The third kappa shape index (κ3) is 2.74. The van der Waals surface area contributed by atoms with E-state index < -0.39 is 0 Å². The predicted molar refractivity (Wildman–Crippen MR) is 70.4 cm³/mol. The van der Waals surface area contributed by atoms with Gasteiger partial charge in [0.25, 0.3) is 0 Å². The first-order valence-corrected chi connectivity index (χ1v) is 6.89. The molecule has 0 atom stereocenters. The van der Waals surface area contributed by atoms with Crippen LogP contribution in [0.1, 0.15) is 19.3 Å². The van der Waals surface area contributed by atoms with E-state index in [0.717, 1.165) is 19.3 Å². The molecule has 1 heterocycles. The topological polar surface area (TPSA) is 75.9 Å². The fourth-order valence-electron chi connectivity index (χ4n) is 2.82. The molecule has 6 heteroatoms. The highest BCUT2D eigenvalue weighted by molar-refractivity contribution is 5.84. The van der Waals surface area contributed by atoms with Crippen LogP contribution in [-0.4, -0.2) is 68.1 Å². The number of methoxy groups -OCH3 is 1. The van der Waals surface area contributed by atoms with E-state index in [1.807, 2.05) is 4.90 Å². The second-order valence-corrected chi connectivity index (χ2v) is 5.44. The summed E-state index contributed by atoms with van der Waals surface area (Å²) in [6.45, 7) is 2.95. The molecule has 1 saturated carbocycles. The maximum absolute atomic E-state index is 12.5. The van der Waals surface area contributed by atoms with Gasteiger partial charge in [-0.15, -0.1) is 0 Å². The maximum atomic E-state index is 12.5. The van der Waals surface area contributed by atoms with Gasteiger partial charge in [0.15, 0.2) is 0 Å². The van der Waals surface area contributed by atoms with Crippen molar-refractivity contribution in [1.29, 1.82) is 0 Å². The Labute approximate surface area is 113 Å². The minimum absolute atomic E-state index is 0.00761. The highest BCUT2D eigenvalue weighted by Gasteiger charge is 2.45. The van der Waals surface area contributed by atoms with Gasteiger partial charge in [0.2, 0.25) is 11.8 Å². The summed E-state index contributed by atoms with van der Waals surface area (Å²) >= 11 is 0. The number of hydrogen-bond acceptors (Lipinski definition) is 4. The second-order valence-electron chi connectivity index (χ2n) is 5.44. The van der Waals surface area contributed by atoms with Crippen molar-refractivity contribution in [2.24, 2.45) is 11.1 Å². The van der Waals surface area contributed by atoms with Gasteiger partial charge >= 0.3 is 0 Å². The molecule has 0 aromatic rings. The predicted octanol–water partition coefficient (Wildman–Crippen LogP) is -0.567. The highest BCUT2D eigenvalue weighted by Crippen LogP contribution is 2.41. The Morgan fingerprint density at radius 2 is 1.74 bits per heavy atom. The Morgan fingerprint density at radius 3 is 2.16 bits per heavy atom. The van der Waals surface area contributed by atoms with Gasteiger partial charge < -0.3 is 20.3 Å². The van der Waals surface area contributed by atoms with Crippen molar-refractivity contribution in [1.82, 2.24) is 9.80 Å². The van der Waals surface area contributed by atoms with E-state index in [0.29, 0.717) is 32.7 Å². The first kappa shape index (κ1) is 14.3. The molecule has 2 N–H and O–H groups in total. The molecule has 0 aromatic carbocycles. The molecule has 1 aliphatic carbocycles. The number of piperazine rings is 1. The Balaban J connectivity index is 1.86. The molecule has 1 saturated heterocycles. The number of hydrogen-bond donors (Lipinski definition) is 1. The van der Waals surface area contributed by atoms with Crippen LogP contribution in [0.2, 0.25) is 0 Å². The van der Waals surface area contributed by atoms with Crippen molar-refractivity contribution in [2.75, 3.05) is 46.4 Å². The molecule has 2 rings (SSSR count). The van der Waals surface area contributed by atoms with Crippen LogP contribution in [0.3, 0.4) is 0 Å². The van der Waals surface area contributed by atoms with Crippen molar-refractivity contribution in [3.63, 3.8) is 0 Å². The number of carbonyl (C=O) groups excluding carboxylic acids is 2. The number of nitrogens with zero attached hydrogens (tertiary/aromatic N) is 2. The van der Waals surface area contributed by atoms with Gasteiger partial charge in [-0.1, -0.05) is 6.42 Å². The van der Waals surface area contributed by atoms with Crippen LogP contribution < -0.4 is 5.73 Å². The zero-order valence-electron chi connectivity index (χ0n) is 11.6. The molecule has 6 nitrogen and oxygen atoms in total. The Hall–Kier alpha value is -1.14. The van der Waals surface area contributed by atoms with Gasteiger partial charge in [0.05, 0.1) is 5.41 Å². The zero-order chi connectivity index (χ0) is 13.9. The molecule has 19 heavy (non-hydrogen) atoms. The number of carbonyl (C=O) groups is 2. The molecule has 2 aliphatic rings. The van der Waals surface area contributed by atoms with Gasteiger partial charge in [-0.3, -0.25) is 9.59 Å². The quantitative estimate of drug-likeness (QED) is 0.742. The van der Waals surface area contributed by atoms with E-state index in [2.05, 4.69) is 0 Å². The minimum atomic E-state index is -0.307. The van der Waals surface area contributed by atoms with Crippen molar-refractivity contribution >= 4 is 11.8 Å². The molecule has 0 unspecified atom stereocenters. The third-order valence-electron chi connectivity index (χ3n) is 4.34. The number of ether oxygens (including phenoxy) is 1. The SMILES string of the molecule is COCC(=O)N1CCN(C(=O)C2(CN)CCC2)CC1.